The van der Waals surface area contributed by atoms with Gasteiger partial charge in [-0.25, -0.2) is 4.39 Å². The van der Waals surface area contributed by atoms with Gasteiger partial charge in [0.25, 0.3) is 0 Å². The second kappa shape index (κ2) is 6.73. The third-order valence-corrected chi connectivity index (χ3v) is 4.14. The van der Waals surface area contributed by atoms with Crippen LogP contribution < -0.4 is 0 Å². The summed E-state index contributed by atoms with van der Waals surface area (Å²) in [6, 6.07) is 27.2. The highest BCUT2D eigenvalue weighted by molar-refractivity contribution is 5.71. The Morgan fingerprint density at radius 3 is 2.32 bits per heavy atom. The summed E-state index contributed by atoms with van der Waals surface area (Å²) in [5.74, 6) is -0.222. The lowest BCUT2D eigenvalue weighted by atomic mass is 10.0. The lowest BCUT2D eigenvalue weighted by molar-refractivity contribution is 0.619. The normalized spacial score (nSPS) is 10.8. The zero-order valence-corrected chi connectivity index (χ0v) is 13.6. The summed E-state index contributed by atoms with van der Waals surface area (Å²) >= 11 is 0. The topological polar surface area (TPSA) is 17.8 Å². The van der Waals surface area contributed by atoms with Gasteiger partial charge in [-0.15, -0.1) is 0 Å². The quantitative estimate of drug-likeness (QED) is 0.490. The first-order valence-electron chi connectivity index (χ1n) is 8.22. The van der Waals surface area contributed by atoms with E-state index in [0.29, 0.717) is 6.54 Å². The van der Waals surface area contributed by atoms with E-state index in [4.69, 9.17) is 0 Å². The van der Waals surface area contributed by atoms with Crippen molar-refractivity contribution in [3.63, 3.8) is 0 Å². The van der Waals surface area contributed by atoms with Gasteiger partial charge in [0, 0.05) is 11.8 Å². The van der Waals surface area contributed by atoms with Gasteiger partial charge in [0.1, 0.15) is 5.82 Å². The molecule has 0 spiro atoms. The van der Waals surface area contributed by atoms with E-state index in [1.807, 2.05) is 47.3 Å². The molecule has 0 saturated heterocycles. The van der Waals surface area contributed by atoms with Crippen LogP contribution in [0.25, 0.3) is 22.4 Å². The summed E-state index contributed by atoms with van der Waals surface area (Å²) in [6.07, 6.45) is 1.93. The number of rotatable bonds is 4. The molecular formula is C22H17FN2. The van der Waals surface area contributed by atoms with Crippen LogP contribution in [-0.4, -0.2) is 9.78 Å². The van der Waals surface area contributed by atoms with Crippen LogP contribution in [0, 0.1) is 5.82 Å². The van der Waals surface area contributed by atoms with Gasteiger partial charge in [-0.05, 0) is 41.0 Å². The summed E-state index contributed by atoms with van der Waals surface area (Å²) in [5, 5.41) is 4.63. The number of hydrogen-bond donors (Lipinski definition) is 0. The Hall–Kier alpha value is -3.20. The van der Waals surface area contributed by atoms with Crippen LogP contribution in [0.5, 0.6) is 0 Å². The molecular weight excluding hydrogens is 311 g/mol. The SMILES string of the molecule is Fc1cccc(Cn2ccc(-c3cccc(-c4ccccc4)c3)n2)c1. The highest BCUT2D eigenvalue weighted by atomic mass is 19.1. The van der Waals surface area contributed by atoms with Crippen molar-refractivity contribution in [2.45, 2.75) is 6.54 Å². The number of halogens is 1. The predicted octanol–water partition coefficient (Wildman–Crippen LogP) is 5.40. The molecule has 0 radical (unpaired) electrons. The maximum Gasteiger partial charge on any atom is 0.123 e. The van der Waals surface area contributed by atoms with Crippen molar-refractivity contribution >= 4 is 0 Å². The van der Waals surface area contributed by atoms with Crippen molar-refractivity contribution in [1.29, 1.82) is 0 Å². The molecule has 0 unspecified atom stereocenters. The summed E-state index contributed by atoms with van der Waals surface area (Å²) in [7, 11) is 0. The van der Waals surface area contributed by atoms with E-state index >= 15 is 0 Å². The lowest BCUT2D eigenvalue weighted by Gasteiger charge is -2.04. The minimum Gasteiger partial charge on any atom is -0.268 e. The largest absolute Gasteiger partial charge is 0.268 e. The molecule has 3 aromatic carbocycles. The molecule has 0 saturated carbocycles. The van der Waals surface area contributed by atoms with E-state index in [0.717, 1.165) is 22.4 Å². The standard InChI is InChI=1S/C22H17FN2/c23-21-11-4-6-17(14-21)16-25-13-12-22(24-25)20-10-5-9-19(15-20)18-7-2-1-3-8-18/h1-15H,16H2. The number of nitrogens with zero attached hydrogens (tertiary/aromatic N) is 2. The molecule has 3 heteroatoms. The minimum absolute atomic E-state index is 0.222. The molecule has 2 nitrogen and oxygen atoms in total. The van der Waals surface area contributed by atoms with Gasteiger partial charge in [0.2, 0.25) is 0 Å². The Morgan fingerprint density at radius 2 is 1.48 bits per heavy atom. The molecule has 0 bridgehead atoms. The van der Waals surface area contributed by atoms with Crippen molar-refractivity contribution in [1.82, 2.24) is 9.78 Å². The fourth-order valence-corrected chi connectivity index (χ4v) is 2.91. The Bertz CT molecular complexity index is 990. The van der Waals surface area contributed by atoms with E-state index in [9.17, 15) is 4.39 Å². The molecule has 4 aromatic rings. The first-order chi connectivity index (χ1) is 12.3. The second-order valence-electron chi connectivity index (χ2n) is 5.98. The predicted molar refractivity (Wildman–Crippen MR) is 98.6 cm³/mol. The van der Waals surface area contributed by atoms with Crippen LogP contribution in [0.3, 0.4) is 0 Å². The Balaban J connectivity index is 1.60. The van der Waals surface area contributed by atoms with Gasteiger partial charge >= 0.3 is 0 Å². The van der Waals surface area contributed by atoms with E-state index < -0.39 is 0 Å². The maximum absolute atomic E-state index is 13.3. The fourth-order valence-electron chi connectivity index (χ4n) is 2.91. The molecule has 1 heterocycles. The van der Waals surface area contributed by atoms with Crippen molar-refractivity contribution in [2.24, 2.45) is 0 Å². The van der Waals surface area contributed by atoms with E-state index in [-0.39, 0.29) is 5.82 Å². The van der Waals surface area contributed by atoms with E-state index in [1.54, 1.807) is 6.07 Å². The van der Waals surface area contributed by atoms with Crippen molar-refractivity contribution in [3.05, 3.63) is 103 Å². The van der Waals surface area contributed by atoms with E-state index in [2.05, 4.69) is 35.4 Å². The van der Waals surface area contributed by atoms with Gasteiger partial charge in [-0.1, -0.05) is 60.7 Å². The molecule has 0 atom stereocenters. The highest BCUT2D eigenvalue weighted by Crippen LogP contribution is 2.25. The molecule has 0 aliphatic carbocycles. The van der Waals surface area contributed by atoms with Gasteiger partial charge in [-0.3, -0.25) is 4.68 Å². The lowest BCUT2D eigenvalue weighted by Crippen LogP contribution is -2.00. The van der Waals surface area contributed by atoms with Crippen LogP contribution in [0.4, 0.5) is 4.39 Å². The maximum atomic E-state index is 13.3. The molecule has 0 amide bonds. The third kappa shape index (κ3) is 3.50. The summed E-state index contributed by atoms with van der Waals surface area (Å²) in [4.78, 5) is 0. The first kappa shape index (κ1) is 15.3. The van der Waals surface area contributed by atoms with Crippen LogP contribution in [0.1, 0.15) is 5.56 Å². The minimum atomic E-state index is -0.222. The first-order valence-corrected chi connectivity index (χ1v) is 8.22. The summed E-state index contributed by atoms with van der Waals surface area (Å²) in [5.41, 5.74) is 5.22. The monoisotopic (exact) mass is 328 g/mol. The van der Waals surface area contributed by atoms with Crippen LogP contribution in [-0.2, 0) is 6.54 Å². The van der Waals surface area contributed by atoms with Crippen molar-refractivity contribution in [2.75, 3.05) is 0 Å². The van der Waals surface area contributed by atoms with E-state index in [1.165, 1.54) is 17.7 Å². The molecule has 25 heavy (non-hydrogen) atoms. The van der Waals surface area contributed by atoms with Gasteiger partial charge in [-0.2, -0.15) is 5.10 Å². The molecule has 1 aromatic heterocycles. The van der Waals surface area contributed by atoms with Crippen LogP contribution in [0.2, 0.25) is 0 Å². The van der Waals surface area contributed by atoms with Gasteiger partial charge < -0.3 is 0 Å². The smallest absolute Gasteiger partial charge is 0.123 e. The van der Waals surface area contributed by atoms with Crippen LogP contribution in [0.15, 0.2) is 91.1 Å². The van der Waals surface area contributed by atoms with Gasteiger partial charge in [0.15, 0.2) is 0 Å². The second-order valence-corrected chi connectivity index (χ2v) is 5.98. The molecule has 0 fully saturated rings. The average Bonchev–Trinajstić information content (AvgIpc) is 3.11. The number of hydrogen-bond acceptors (Lipinski definition) is 1. The van der Waals surface area contributed by atoms with Crippen LogP contribution >= 0.6 is 0 Å². The summed E-state index contributed by atoms with van der Waals surface area (Å²) < 4.78 is 15.1. The van der Waals surface area contributed by atoms with Crippen molar-refractivity contribution < 1.29 is 4.39 Å². The molecule has 4 rings (SSSR count). The number of benzene rings is 3. The highest BCUT2D eigenvalue weighted by Gasteiger charge is 2.05. The zero-order chi connectivity index (χ0) is 17.1. The molecule has 0 aliphatic heterocycles. The molecule has 0 aliphatic rings. The zero-order valence-electron chi connectivity index (χ0n) is 13.6. The Labute approximate surface area is 146 Å². The van der Waals surface area contributed by atoms with Crippen molar-refractivity contribution in [3.8, 4) is 22.4 Å². The molecule has 122 valence electrons. The molecule has 0 N–H and O–H groups in total. The summed E-state index contributed by atoms with van der Waals surface area (Å²) in [6.45, 7) is 0.552. The third-order valence-electron chi connectivity index (χ3n) is 4.14. The fraction of sp³-hybridized carbons (Fsp3) is 0.0455. The van der Waals surface area contributed by atoms with Gasteiger partial charge in [0.05, 0.1) is 12.2 Å². The average molecular weight is 328 g/mol. The Morgan fingerprint density at radius 1 is 0.720 bits per heavy atom. The number of aromatic nitrogens is 2. The Kier molecular flexibility index (Phi) is 4.13.